The minimum atomic E-state index is -0.802. The lowest BCUT2D eigenvalue weighted by atomic mass is 9.80. The first-order chi connectivity index (χ1) is 11.1. The summed E-state index contributed by atoms with van der Waals surface area (Å²) in [5.41, 5.74) is 5.11. The number of hydrogen-bond acceptors (Lipinski definition) is 4. The van der Waals surface area contributed by atoms with Gasteiger partial charge < -0.3 is 20.8 Å². The van der Waals surface area contributed by atoms with Gasteiger partial charge in [0.1, 0.15) is 17.6 Å². The zero-order valence-electron chi connectivity index (χ0n) is 13.8. The molecule has 1 aliphatic carbocycles. The van der Waals surface area contributed by atoms with Crippen LogP contribution in [0.15, 0.2) is 16.7 Å². The molecule has 6 nitrogen and oxygen atoms in total. The summed E-state index contributed by atoms with van der Waals surface area (Å²) < 4.78 is 5.21. The third-order valence-electron chi connectivity index (χ3n) is 4.43. The predicted molar refractivity (Wildman–Crippen MR) is 87.8 cm³/mol. The molecule has 1 heterocycles. The van der Waals surface area contributed by atoms with E-state index in [1.165, 1.54) is 6.26 Å². The van der Waals surface area contributed by atoms with E-state index >= 15 is 0 Å². The summed E-state index contributed by atoms with van der Waals surface area (Å²) in [5, 5.41) is 5.93. The van der Waals surface area contributed by atoms with Crippen LogP contribution in [0.1, 0.15) is 68.0 Å². The Morgan fingerprint density at radius 3 is 2.65 bits per heavy atom. The van der Waals surface area contributed by atoms with Crippen molar-refractivity contribution in [1.82, 2.24) is 10.6 Å². The Morgan fingerprint density at radius 1 is 1.30 bits per heavy atom. The highest BCUT2D eigenvalue weighted by Gasteiger charge is 2.40. The Morgan fingerprint density at radius 2 is 2.04 bits per heavy atom. The molecular formula is C17H27N3O3. The molecule has 2 rings (SSSR count). The zero-order chi connectivity index (χ0) is 16.7. The molecule has 0 saturated heterocycles. The highest BCUT2D eigenvalue weighted by molar-refractivity contribution is 5.99. The van der Waals surface area contributed by atoms with Gasteiger partial charge in [0.05, 0.1) is 12.1 Å². The van der Waals surface area contributed by atoms with Gasteiger partial charge in [0.15, 0.2) is 0 Å². The van der Waals surface area contributed by atoms with Crippen molar-refractivity contribution in [3.05, 3.63) is 23.7 Å². The van der Waals surface area contributed by atoms with Crippen LogP contribution < -0.4 is 16.4 Å². The van der Waals surface area contributed by atoms with Crippen molar-refractivity contribution in [3.8, 4) is 0 Å². The molecule has 1 aliphatic rings. The number of carbonyl (C=O) groups is 2. The Labute approximate surface area is 137 Å². The van der Waals surface area contributed by atoms with Crippen molar-refractivity contribution in [3.63, 3.8) is 0 Å². The summed E-state index contributed by atoms with van der Waals surface area (Å²) in [6, 6.07) is 1.63. The normalized spacial score (nSPS) is 16.8. The number of rotatable bonds is 7. The molecule has 0 aromatic carbocycles. The molecule has 128 valence electrons. The first-order valence-corrected chi connectivity index (χ1v) is 8.49. The van der Waals surface area contributed by atoms with Crippen molar-refractivity contribution in [2.75, 3.05) is 6.54 Å². The van der Waals surface area contributed by atoms with Gasteiger partial charge in [-0.3, -0.25) is 9.59 Å². The number of amides is 2. The maximum Gasteiger partial charge on any atom is 0.255 e. The lowest BCUT2D eigenvalue weighted by molar-refractivity contribution is -0.128. The van der Waals surface area contributed by atoms with Crippen LogP contribution in [0, 0.1) is 0 Å². The standard InChI is InChI=1S/C17H27N3O3/c1-2-3-9-19-16(22)17(7-5-4-6-8-17)20-15(21)13-10-14(11-18)23-12-13/h10,12H,2-9,11,18H2,1H3,(H,19,22)(H,20,21). The average molecular weight is 321 g/mol. The van der Waals surface area contributed by atoms with E-state index in [0.717, 1.165) is 32.1 Å². The Balaban J connectivity index is 2.08. The molecular weight excluding hydrogens is 294 g/mol. The summed E-state index contributed by atoms with van der Waals surface area (Å²) in [5.74, 6) is 0.211. The van der Waals surface area contributed by atoms with Crippen LogP contribution in [0.5, 0.6) is 0 Å². The van der Waals surface area contributed by atoms with Crippen LogP contribution >= 0.6 is 0 Å². The van der Waals surface area contributed by atoms with Gasteiger partial charge in [-0.2, -0.15) is 0 Å². The van der Waals surface area contributed by atoms with E-state index in [2.05, 4.69) is 17.6 Å². The molecule has 0 bridgehead atoms. The molecule has 23 heavy (non-hydrogen) atoms. The number of carbonyl (C=O) groups excluding carboxylic acids is 2. The van der Waals surface area contributed by atoms with Crippen molar-refractivity contribution in [2.24, 2.45) is 5.73 Å². The molecule has 0 unspecified atom stereocenters. The average Bonchev–Trinajstić information content (AvgIpc) is 3.05. The summed E-state index contributed by atoms with van der Waals surface area (Å²) in [7, 11) is 0. The summed E-state index contributed by atoms with van der Waals surface area (Å²) >= 11 is 0. The molecule has 0 spiro atoms. The largest absolute Gasteiger partial charge is 0.467 e. The minimum Gasteiger partial charge on any atom is -0.467 e. The predicted octanol–water partition coefficient (Wildman–Crippen LogP) is 2.09. The smallest absolute Gasteiger partial charge is 0.255 e. The second kappa shape index (κ2) is 8.15. The van der Waals surface area contributed by atoms with Crippen LogP contribution in [-0.2, 0) is 11.3 Å². The van der Waals surface area contributed by atoms with Gasteiger partial charge in [0, 0.05) is 6.54 Å². The first kappa shape index (κ1) is 17.5. The number of nitrogens with two attached hydrogens (primary N) is 1. The van der Waals surface area contributed by atoms with Crippen LogP contribution in [0.2, 0.25) is 0 Å². The van der Waals surface area contributed by atoms with Gasteiger partial charge in [-0.15, -0.1) is 0 Å². The number of hydrogen-bond donors (Lipinski definition) is 3. The van der Waals surface area contributed by atoms with E-state index in [1.54, 1.807) is 6.07 Å². The Hall–Kier alpha value is -1.82. The maximum atomic E-state index is 12.7. The van der Waals surface area contributed by atoms with Gasteiger partial charge >= 0.3 is 0 Å². The van der Waals surface area contributed by atoms with Crippen LogP contribution in [-0.4, -0.2) is 23.9 Å². The molecule has 1 aromatic rings. The SMILES string of the molecule is CCCCNC(=O)C1(NC(=O)c2coc(CN)c2)CCCCC1. The second-order valence-electron chi connectivity index (χ2n) is 6.21. The Bertz CT molecular complexity index is 533. The zero-order valence-corrected chi connectivity index (χ0v) is 13.8. The number of unbranched alkanes of at least 4 members (excludes halogenated alkanes) is 1. The van der Waals surface area contributed by atoms with E-state index in [9.17, 15) is 9.59 Å². The second-order valence-corrected chi connectivity index (χ2v) is 6.21. The van der Waals surface area contributed by atoms with Crippen molar-refractivity contribution >= 4 is 11.8 Å². The Kier molecular flexibility index (Phi) is 6.21. The van der Waals surface area contributed by atoms with Gasteiger partial charge in [0.25, 0.3) is 5.91 Å². The fraction of sp³-hybridized carbons (Fsp3) is 0.647. The summed E-state index contributed by atoms with van der Waals surface area (Å²) in [6.07, 6.45) is 7.71. The first-order valence-electron chi connectivity index (χ1n) is 8.49. The van der Waals surface area contributed by atoms with Crippen LogP contribution in [0.25, 0.3) is 0 Å². The van der Waals surface area contributed by atoms with Gasteiger partial charge in [-0.25, -0.2) is 0 Å². The maximum absolute atomic E-state index is 12.7. The molecule has 2 amide bonds. The van der Waals surface area contributed by atoms with Crippen molar-refractivity contribution < 1.29 is 14.0 Å². The van der Waals surface area contributed by atoms with Gasteiger partial charge in [-0.1, -0.05) is 32.6 Å². The molecule has 1 aromatic heterocycles. The van der Waals surface area contributed by atoms with Crippen molar-refractivity contribution in [1.29, 1.82) is 0 Å². The van der Waals surface area contributed by atoms with Gasteiger partial charge in [-0.05, 0) is 25.3 Å². The molecule has 0 radical (unpaired) electrons. The lowest BCUT2D eigenvalue weighted by Crippen LogP contribution is -2.59. The lowest BCUT2D eigenvalue weighted by Gasteiger charge is -2.36. The summed E-state index contributed by atoms with van der Waals surface area (Å²) in [4.78, 5) is 25.1. The third-order valence-corrected chi connectivity index (χ3v) is 4.43. The monoisotopic (exact) mass is 321 g/mol. The quantitative estimate of drug-likeness (QED) is 0.670. The fourth-order valence-electron chi connectivity index (χ4n) is 3.01. The molecule has 0 aliphatic heterocycles. The molecule has 1 fully saturated rings. The fourth-order valence-corrected chi connectivity index (χ4v) is 3.01. The highest BCUT2D eigenvalue weighted by atomic mass is 16.3. The third kappa shape index (κ3) is 4.34. The topological polar surface area (TPSA) is 97.4 Å². The van der Waals surface area contributed by atoms with Crippen LogP contribution in [0.3, 0.4) is 0 Å². The van der Waals surface area contributed by atoms with Gasteiger partial charge in [0.2, 0.25) is 5.91 Å². The van der Waals surface area contributed by atoms with Crippen molar-refractivity contribution in [2.45, 2.75) is 64.0 Å². The molecule has 0 atom stereocenters. The van der Waals surface area contributed by atoms with E-state index in [-0.39, 0.29) is 18.4 Å². The van der Waals surface area contributed by atoms with E-state index in [1.807, 2.05) is 0 Å². The number of nitrogens with one attached hydrogen (secondary N) is 2. The summed E-state index contributed by atoms with van der Waals surface area (Å²) in [6.45, 7) is 2.98. The van der Waals surface area contributed by atoms with E-state index in [4.69, 9.17) is 10.2 Å². The molecule has 6 heteroatoms. The molecule has 4 N–H and O–H groups in total. The highest BCUT2D eigenvalue weighted by Crippen LogP contribution is 2.29. The van der Waals surface area contributed by atoms with Crippen LogP contribution in [0.4, 0.5) is 0 Å². The molecule has 1 saturated carbocycles. The van der Waals surface area contributed by atoms with E-state index in [0.29, 0.717) is 30.7 Å². The van der Waals surface area contributed by atoms with E-state index < -0.39 is 5.54 Å². The number of furan rings is 1. The minimum absolute atomic E-state index is 0.0680.